The van der Waals surface area contributed by atoms with Gasteiger partial charge in [0.15, 0.2) is 0 Å². The van der Waals surface area contributed by atoms with Crippen LogP contribution in [0.25, 0.3) is 0 Å². The predicted octanol–water partition coefficient (Wildman–Crippen LogP) is 2.93. The molecule has 2 heteroatoms. The summed E-state index contributed by atoms with van der Waals surface area (Å²) in [7, 11) is 0. The van der Waals surface area contributed by atoms with Crippen LogP contribution < -0.4 is 0 Å². The van der Waals surface area contributed by atoms with Crippen LogP contribution in [0.15, 0.2) is 12.2 Å². The van der Waals surface area contributed by atoms with Crippen LogP contribution in [0, 0.1) is 0 Å². The van der Waals surface area contributed by atoms with E-state index in [9.17, 15) is 10.2 Å². The van der Waals surface area contributed by atoms with Gasteiger partial charge in [-0.15, -0.1) is 0 Å². The van der Waals surface area contributed by atoms with Gasteiger partial charge in [0.25, 0.3) is 0 Å². The fraction of sp³-hybridized carbons (Fsp3) is 0.857. The third-order valence-corrected chi connectivity index (χ3v) is 4.14. The Hall–Kier alpha value is -0.340. The second-order valence-corrected chi connectivity index (χ2v) is 5.66. The standard InChI is InChI=1S/C14H24O2/c15-13(7-3-1-4-8-13)11-12-14(16)9-5-2-6-10-14/h11-12,15-16H,1-10H2/b12-11+. The molecule has 2 fully saturated rings. The molecule has 0 unspecified atom stereocenters. The summed E-state index contributed by atoms with van der Waals surface area (Å²) in [4.78, 5) is 0. The molecule has 0 aromatic carbocycles. The third-order valence-electron chi connectivity index (χ3n) is 4.14. The highest BCUT2D eigenvalue weighted by Gasteiger charge is 2.30. The van der Waals surface area contributed by atoms with Gasteiger partial charge < -0.3 is 10.2 Å². The molecule has 0 amide bonds. The largest absolute Gasteiger partial charge is 0.386 e. The van der Waals surface area contributed by atoms with Gasteiger partial charge in [0.05, 0.1) is 11.2 Å². The van der Waals surface area contributed by atoms with Crippen molar-refractivity contribution in [2.75, 3.05) is 0 Å². The Bertz CT molecular complexity index is 219. The van der Waals surface area contributed by atoms with Crippen molar-refractivity contribution < 1.29 is 10.2 Å². The molecular formula is C14H24O2. The van der Waals surface area contributed by atoms with Gasteiger partial charge in [0, 0.05) is 0 Å². The van der Waals surface area contributed by atoms with E-state index in [1.54, 1.807) is 0 Å². The van der Waals surface area contributed by atoms with Gasteiger partial charge in [-0.1, -0.05) is 50.7 Å². The first-order valence-corrected chi connectivity index (χ1v) is 6.77. The summed E-state index contributed by atoms with van der Waals surface area (Å²) in [6, 6.07) is 0. The molecule has 0 bridgehead atoms. The van der Waals surface area contributed by atoms with E-state index in [1.807, 2.05) is 12.2 Å². The fourth-order valence-electron chi connectivity index (χ4n) is 2.97. The number of hydrogen-bond acceptors (Lipinski definition) is 2. The minimum absolute atomic E-state index is 0.634. The summed E-state index contributed by atoms with van der Waals surface area (Å²) in [5, 5.41) is 20.6. The highest BCUT2D eigenvalue weighted by Crippen LogP contribution is 2.33. The van der Waals surface area contributed by atoms with Crippen LogP contribution in [0.1, 0.15) is 64.2 Å². The smallest absolute Gasteiger partial charge is 0.0828 e. The highest BCUT2D eigenvalue weighted by molar-refractivity contribution is 5.10. The van der Waals surface area contributed by atoms with E-state index in [2.05, 4.69) is 0 Å². The van der Waals surface area contributed by atoms with Crippen molar-refractivity contribution >= 4 is 0 Å². The minimum atomic E-state index is -0.634. The second-order valence-electron chi connectivity index (χ2n) is 5.66. The molecule has 0 aliphatic heterocycles. The summed E-state index contributed by atoms with van der Waals surface area (Å²) in [5.74, 6) is 0. The first-order valence-electron chi connectivity index (χ1n) is 6.77. The van der Waals surface area contributed by atoms with E-state index in [0.29, 0.717) is 0 Å². The van der Waals surface area contributed by atoms with Crippen molar-refractivity contribution in [3.8, 4) is 0 Å². The molecule has 2 aliphatic rings. The molecule has 0 saturated heterocycles. The maximum atomic E-state index is 10.3. The Morgan fingerprint density at radius 1 is 0.562 bits per heavy atom. The lowest BCUT2D eigenvalue weighted by atomic mass is 9.80. The first-order chi connectivity index (χ1) is 7.62. The van der Waals surface area contributed by atoms with E-state index in [4.69, 9.17) is 0 Å². The molecule has 0 aromatic rings. The monoisotopic (exact) mass is 224 g/mol. The maximum Gasteiger partial charge on any atom is 0.0828 e. The Kier molecular flexibility index (Phi) is 3.70. The molecule has 2 N–H and O–H groups in total. The molecule has 2 nitrogen and oxygen atoms in total. The molecule has 0 spiro atoms. The Morgan fingerprint density at radius 2 is 0.875 bits per heavy atom. The van der Waals surface area contributed by atoms with Gasteiger partial charge in [-0.3, -0.25) is 0 Å². The van der Waals surface area contributed by atoms with E-state index in [-0.39, 0.29) is 0 Å². The second kappa shape index (κ2) is 4.89. The van der Waals surface area contributed by atoms with Crippen molar-refractivity contribution in [2.45, 2.75) is 75.4 Å². The van der Waals surface area contributed by atoms with E-state index in [0.717, 1.165) is 51.4 Å². The van der Waals surface area contributed by atoms with Crippen LogP contribution in [0.4, 0.5) is 0 Å². The van der Waals surface area contributed by atoms with E-state index >= 15 is 0 Å². The van der Waals surface area contributed by atoms with Gasteiger partial charge in [0.2, 0.25) is 0 Å². The molecule has 0 heterocycles. The summed E-state index contributed by atoms with van der Waals surface area (Å²) in [6.07, 6.45) is 14.1. The Morgan fingerprint density at radius 3 is 1.19 bits per heavy atom. The predicted molar refractivity (Wildman–Crippen MR) is 65.2 cm³/mol. The van der Waals surface area contributed by atoms with Gasteiger partial charge >= 0.3 is 0 Å². The van der Waals surface area contributed by atoms with Crippen molar-refractivity contribution in [1.82, 2.24) is 0 Å². The van der Waals surface area contributed by atoms with Gasteiger partial charge in [0.1, 0.15) is 0 Å². The van der Waals surface area contributed by atoms with Gasteiger partial charge in [-0.25, -0.2) is 0 Å². The van der Waals surface area contributed by atoms with Crippen LogP contribution in [0.2, 0.25) is 0 Å². The molecule has 2 aliphatic carbocycles. The molecule has 2 saturated carbocycles. The zero-order valence-electron chi connectivity index (χ0n) is 10.1. The zero-order valence-corrected chi connectivity index (χ0v) is 10.1. The average molecular weight is 224 g/mol. The average Bonchev–Trinajstić information content (AvgIpc) is 2.29. The van der Waals surface area contributed by atoms with Crippen molar-refractivity contribution in [3.05, 3.63) is 12.2 Å². The van der Waals surface area contributed by atoms with Crippen molar-refractivity contribution in [1.29, 1.82) is 0 Å². The SMILES string of the molecule is OC1(/C=C/C2(O)CCCCC2)CCCCC1. The van der Waals surface area contributed by atoms with Crippen molar-refractivity contribution in [3.63, 3.8) is 0 Å². The van der Waals surface area contributed by atoms with Crippen LogP contribution in [0.5, 0.6) is 0 Å². The summed E-state index contributed by atoms with van der Waals surface area (Å²) < 4.78 is 0. The number of hydrogen-bond donors (Lipinski definition) is 2. The van der Waals surface area contributed by atoms with Gasteiger partial charge in [-0.2, -0.15) is 0 Å². The minimum Gasteiger partial charge on any atom is -0.386 e. The maximum absolute atomic E-state index is 10.3. The summed E-state index contributed by atoms with van der Waals surface area (Å²) in [5.41, 5.74) is -1.27. The topological polar surface area (TPSA) is 40.5 Å². The normalized spacial score (nSPS) is 29.4. The lowest BCUT2D eigenvalue weighted by Gasteiger charge is -2.33. The highest BCUT2D eigenvalue weighted by atomic mass is 16.3. The summed E-state index contributed by atoms with van der Waals surface area (Å²) >= 11 is 0. The molecule has 0 radical (unpaired) electrons. The summed E-state index contributed by atoms with van der Waals surface area (Å²) in [6.45, 7) is 0. The quantitative estimate of drug-likeness (QED) is 0.708. The Balaban J connectivity index is 1.95. The van der Waals surface area contributed by atoms with Crippen molar-refractivity contribution in [2.24, 2.45) is 0 Å². The third kappa shape index (κ3) is 3.08. The van der Waals surface area contributed by atoms with Crippen LogP contribution in [-0.4, -0.2) is 21.4 Å². The lowest BCUT2D eigenvalue weighted by molar-refractivity contribution is 0.0344. The van der Waals surface area contributed by atoms with E-state index < -0.39 is 11.2 Å². The Labute approximate surface area is 98.4 Å². The van der Waals surface area contributed by atoms with E-state index in [1.165, 1.54) is 12.8 Å². The fourth-order valence-corrected chi connectivity index (χ4v) is 2.97. The molecule has 0 atom stereocenters. The zero-order chi connectivity index (χ0) is 11.5. The van der Waals surface area contributed by atoms with Gasteiger partial charge in [-0.05, 0) is 25.7 Å². The molecule has 16 heavy (non-hydrogen) atoms. The van der Waals surface area contributed by atoms with Crippen LogP contribution in [0.3, 0.4) is 0 Å². The molecular weight excluding hydrogens is 200 g/mol. The molecule has 0 aromatic heterocycles. The van der Waals surface area contributed by atoms with Crippen LogP contribution >= 0.6 is 0 Å². The molecule has 92 valence electrons. The first kappa shape index (κ1) is 12.1. The lowest BCUT2D eigenvalue weighted by Crippen LogP contribution is -2.33. The number of aliphatic hydroxyl groups is 2. The van der Waals surface area contributed by atoms with Crippen LogP contribution in [-0.2, 0) is 0 Å². The molecule has 2 rings (SSSR count). The number of rotatable bonds is 2.